The number of anilines is 1. The van der Waals surface area contributed by atoms with Crippen LogP contribution in [0.1, 0.15) is 6.92 Å². The lowest BCUT2D eigenvalue weighted by molar-refractivity contribution is -0.153. The molecule has 0 aliphatic heterocycles. The summed E-state index contributed by atoms with van der Waals surface area (Å²) in [7, 11) is -3.84. The van der Waals surface area contributed by atoms with Crippen molar-refractivity contribution in [3.8, 4) is 5.75 Å². The second-order valence-electron chi connectivity index (χ2n) is 3.63. The molecule has 0 unspecified atom stereocenters. The van der Waals surface area contributed by atoms with Gasteiger partial charge in [0, 0.05) is 6.07 Å². The van der Waals surface area contributed by atoms with Crippen molar-refractivity contribution >= 4 is 15.5 Å². The second kappa shape index (κ2) is 5.24. The number of ether oxygens (including phenoxy) is 1. The molecule has 0 heterocycles. The molecule has 1 aromatic carbocycles. The third kappa shape index (κ3) is 3.98. The van der Waals surface area contributed by atoms with E-state index in [0.717, 1.165) is 6.07 Å². The first-order chi connectivity index (χ1) is 8.57. The highest BCUT2D eigenvalue weighted by atomic mass is 32.2. The van der Waals surface area contributed by atoms with Gasteiger partial charge in [-0.3, -0.25) is 0 Å². The molecule has 108 valence electrons. The van der Waals surface area contributed by atoms with Crippen LogP contribution in [0.5, 0.6) is 5.75 Å². The average Bonchev–Trinajstić information content (AvgIpc) is 2.28. The number of sulfone groups is 1. The van der Waals surface area contributed by atoms with Crippen molar-refractivity contribution in [3.63, 3.8) is 0 Å². The quantitative estimate of drug-likeness (QED) is 0.683. The molecule has 9 heteroatoms. The van der Waals surface area contributed by atoms with E-state index in [1.165, 1.54) is 6.92 Å². The van der Waals surface area contributed by atoms with E-state index in [9.17, 15) is 26.0 Å². The predicted octanol–water partition coefficient (Wildman–Crippen LogP) is 2.14. The number of nitrogen functional groups attached to an aromatic ring is 1. The van der Waals surface area contributed by atoms with Crippen LogP contribution in [-0.2, 0) is 9.84 Å². The van der Waals surface area contributed by atoms with E-state index in [-0.39, 0.29) is 11.4 Å². The number of benzene rings is 1. The minimum atomic E-state index is -4.60. The first-order valence-electron chi connectivity index (χ1n) is 5.08. The van der Waals surface area contributed by atoms with Crippen molar-refractivity contribution < 1.29 is 30.7 Å². The van der Waals surface area contributed by atoms with E-state index in [1.807, 2.05) is 0 Å². The number of rotatable bonds is 4. The summed E-state index contributed by atoms with van der Waals surface area (Å²) in [6.07, 6.45) is -4.60. The molecule has 1 rings (SSSR count). The lowest BCUT2D eigenvalue weighted by Gasteiger charge is -2.12. The van der Waals surface area contributed by atoms with Gasteiger partial charge in [0.2, 0.25) is 0 Å². The molecule has 0 saturated carbocycles. The molecule has 0 spiro atoms. The van der Waals surface area contributed by atoms with Crippen LogP contribution >= 0.6 is 0 Å². The summed E-state index contributed by atoms with van der Waals surface area (Å²) in [4.78, 5) is -0.660. The molecule has 0 amide bonds. The van der Waals surface area contributed by atoms with Crippen LogP contribution in [-0.4, -0.2) is 27.0 Å². The van der Waals surface area contributed by atoms with Crippen molar-refractivity contribution in [1.82, 2.24) is 0 Å². The van der Waals surface area contributed by atoms with Gasteiger partial charge in [-0.2, -0.15) is 13.2 Å². The molecule has 1 aromatic rings. The lowest BCUT2D eigenvalue weighted by Crippen LogP contribution is -2.20. The van der Waals surface area contributed by atoms with E-state index >= 15 is 0 Å². The van der Waals surface area contributed by atoms with Crippen LogP contribution in [0.4, 0.5) is 23.2 Å². The summed E-state index contributed by atoms with van der Waals surface area (Å²) in [5, 5.41) is 0. The van der Waals surface area contributed by atoms with Crippen molar-refractivity contribution in [1.29, 1.82) is 0 Å². The van der Waals surface area contributed by atoms with E-state index in [1.54, 1.807) is 0 Å². The highest BCUT2D eigenvalue weighted by Crippen LogP contribution is 2.29. The molecule has 0 saturated heterocycles. The second-order valence-corrected chi connectivity index (χ2v) is 5.87. The van der Waals surface area contributed by atoms with Gasteiger partial charge in [0.25, 0.3) is 0 Å². The molecule has 0 aromatic heterocycles. The Hall–Kier alpha value is -1.51. The minimum absolute atomic E-state index is 0.355. The van der Waals surface area contributed by atoms with Crippen LogP contribution in [0.3, 0.4) is 0 Å². The first-order valence-corrected chi connectivity index (χ1v) is 6.73. The Balaban J connectivity index is 3.11. The van der Waals surface area contributed by atoms with Crippen LogP contribution in [0.25, 0.3) is 0 Å². The largest absolute Gasteiger partial charge is 0.482 e. The van der Waals surface area contributed by atoms with Gasteiger partial charge in [0.1, 0.15) is 16.5 Å². The molecule has 0 fully saturated rings. The standard InChI is InChI=1S/C10H11F4NO3S/c1-2-19(16,17)9-4-7(15)8(3-6(9)11)18-5-10(12,13)14/h3-4H,2,5,15H2,1H3. The van der Waals surface area contributed by atoms with E-state index in [2.05, 4.69) is 4.74 Å². The molecule has 0 bridgehead atoms. The third-order valence-corrected chi connectivity index (χ3v) is 3.91. The van der Waals surface area contributed by atoms with E-state index < -0.39 is 39.1 Å². The van der Waals surface area contributed by atoms with E-state index in [0.29, 0.717) is 6.07 Å². The van der Waals surface area contributed by atoms with Crippen molar-refractivity contribution in [2.24, 2.45) is 0 Å². The number of alkyl halides is 3. The maximum absolute atomic E-state index is 13.5. The Bertz CT molecular complexity index is 569. The van der Waals surface area contributed by atoms with Crippen LogP contribution in [0.2, 0.25) is 0 Å². The fourth-order valence-electron chi connectivity index (χ4n) is 1.23. The first kappa shape index (κ1) is 15.5. The Labute approximate surface area is 107 Å². The number of hydrogen-bond donors (Lipinski definition) is 1. The summed E-state index contributed by atoms with van der Waals surface area (Å²) >= 11 is 0. The van der Waals surface area contributed by atoms with E-state index in [4.69, 9.17) is 5.73 Å². The van der Waals surface area contributed by atoms with Crippen LogP contribution in [0.15, 0.2) is 17.0 Å². The summed E-state index contributed by atoms with van der Waals surface area (Å²) in [5.74, 6) is -2.11. The molecule has 0 atom stereocenters. The van der Waals surface area contributed by atoms with Gasteiger partial charge in [-0.25, -0.2) is 12.8 Å². The molecular weight excluding hydrogens is 290 g/mol. The normalized spacial score (nSPS) is 12.5. The van der Waals surface area contributed by atoms with Gasteiger partial charge < -0.3 is 10.5 Å². The van der Waals surface area contributed by atoms with Gasteiger partial charge in [0.05, 0.1) is 11.4 Å². The minimum Gasteiger partial charge on any atom is -0.482 e. The van der Waals surface area contributed by atoms with Crippen LogP contribution < -0.4 is 10.5 Å². The van der Waals surface area contributed by atoms with Crippen molar-refractivity contribution in [2.75, 3.05) is 18.1 Å². The van der Waals surface area contributed by atoms with Gasteiger partial charge in [-0.15, -0.1) is 0 Å². The SMILES string of the molecule is CCS(=O)(=O)c1cc(N)c(OCC(F)(F)F)cc1F. The molecule has 0 aliphatic rings. The summed E-state index contributed by atoms with van der Waals surface area (Å²) in [6, 6.07) is 1.28. The van der Waals surface area contributed by atoms with Crippen molar-refractivity contribution in [3.05, 3.63) is 17.9 Å². The fourth-order valence-corrected chi connectivity index (χ4v) is 2.20. The van der Waals surface area contributed by atoms with Gasteiger partial charge in [-0.05, 0) is 6.07 Å². The Morgan fingerprint density at radius 3 is 2.37 bits per heavy atom. The molecule has 0 aliphatic carbocycles. The van der Waals surface area contributed by atoms with Gasteiger partial charge >= 0.3 is 6.18 Å². The molecule has 2 N–H and O–H groups in total. The van der Waals surface area contributed by atoms with Gasteiger partial charge in [-0.1, -0.05) is 6.92 Å². The molecular formula is C10H11F4NO3S. The van der Waals surface area contributed by atoms with Crippen molar-refractivity contribution in [2.45, 2.75) is 18.0 Å². The highest BCUT2D eigenvalue weighted by Gasteiger charge is 2.29. The van der Waals surface area contributed by atoms with Gasteiger partial charge in [0.15, 0.2) is 16.4 Å². The number of hydrogen-bond acceptors (Lipinski definition) is 4. The Morgan fingerprint density at radius 1 is 1.32 bits per heavy atom. The summed E-state index contributed by atoms with van der Waals surface area (Å²) in [6.45, 7) is -0.338. The number of nitrogens with two attached hydrogens (primary N) is 1. The monoisotopic (exact) mass is 301 g/mol. The molecule has 0 radical (unpaired) electrons. The Kier molecular flexibility index (Phi) is 4.28. The zero-order chi connectivity index (χ0) is 14.8. The predicted molar refractivity (Wildman–Crippen MR) is 60.1 cm³/mol. The zero-order valence-corrected chi connectivity index (χ0v) is 10.6. The fraction of sp³-hybridized carbons (Fsp3) is 0.400. The smallest absolute Gasteiger partial charge is 0.422 e. The Morgan fingerprint density at radius 2 is 1.89 bits per heavy atom. The van der Waals surface area contributed by atoms with Crippen LogP contribution in [0, 0.1) is 5.82 Å². The maximum Gasteiger partial charge on any atom is 0.422 e. The number of halogens is 4. The maximum atomic E-state index is 13.5. The average molecular weight is 301 g/mol. The third-order valence-electron chi connectivity index (χ3n) is 2.17. The summed E-state index contributed by atoms with van der Waals surface area (Å²) < 4.78 is 76.6. The molecule has 4 nitrogen and oxygen atoms in total. The lowest BCUT2D eigenvalue weighted by atomic mass is 10.3. The molecule has 19 heavy (non-hydrogen) atoms. The summed E-state index contributed by atoms with van der Waals surface area (Å²) in [5.41, 5.74) is 4.97. The topological polar surface area (TPSA) is 69.4 Å². The highest BCUT2D eigenvalue weighted by molar-refractivity contribution is 7.91. The zero-order valence-electron chi connectivity index (χ0n) is 9.79.